The molecular weight excluding hydrogens is 264 g/mol. The van der Waals surface area contributed by atoms with Gasteiger partial charge in [-0.05, 0) is 5.56 Å². The van der Waals surface area contributed by atoms with Crippen molar-refractivity contribution in [2.45, 2.75) is 23.8 Å². The van der Waals surface area contributed by atoms with Gasteiger partial charge in [0.15, 0.2) is 0 Å². The largest absolute Gasteiger partial charge is 0.416 e. The Hall–Kier alpha value is -2.02. The summed E-state index contributed by atoms with van der Waals surface area (Å²) in [6, 6.07) is 9.77. The van der Waals surface area contributed by atoms with E-state index >= 15 is 0 Å². The Morgan fingerprint density at radius 2 is 2.16 bits per heavy atom. The van der Waals surface area contributed by atoms with Crippen LogP contribution in [0.2, 0.25) is 0 Å². The highest BCUT2D eigenvalue weighted by atomic mass is 32.2. The number of benzene rings is 1. The molecule has 0 spiro atoms. The Balaban J connectivity index is 2.19. The second kappa shape index (κ2) is 6.24. The minimum Gasteiger partial charge on any atom is -0.416 e. The van der Waals surface area contributed by atoms with Gasteiger partial charge >= 0.3 is 0 Å². The van der Waals surface area contributed by atoms with Crippen LogP contribution in [0, 0.1) is 6.92 Å². The molecule has 7 heteroatoms. The monoisotopic (exact) mass is 278 g/mol. The van der Waals surface area contributed by atoms with Crippen LogP contribution < -0.4 is 5.73 Å². The Bertz CT molecular complexity index is 556. The summed E-state index contributed by atoms with van der Waals surface area (Å²) in [5.74, 6) is 0.677. The SMILES string of the molecule is Cc1nnc(SC(CC(N)=NO)c2ccccc2)o1. The number of thioether (sulfide) groups is 1. The van der Waals surface area contributed by atoms with Crippen molar-refractivity contribution < 1.29 is 9.62 Å². The first-order valence-corrected chi connectivity index (χ1v) is 6.55. The highest BCUT2D eigenvalue weighted by Crippen LogP contribution is 2.36. The van der Waals surface area contributed by atoms with Crippen LogP contribution in [0.25, 0.3) is 0 Å². The maximum atomic E-state index is 8.70. The van der Waals surface area contributed by atoms with E-state index in [9.17, 15) is 0 Å². The molecule has 1 heterocycles. The van der Waals surface area contributed by atoms with Crippen LogP contribution in [0.4, 0.5) is 0 Å². The highest BCUT2D eigenvalue weighted by molar-refractivity contribution is 7.99. The second-order valence-electron chi connectivity index (χ2n) is 3.90. The van der Waals surface area contributed by atoms with Crippen molar-refractivity contribution >= 4 is 17.6 Å². The number of aromatic nitrogens is 2. The highest BCUT2D eigenvalue weighted by Gasteiger charge is 2.18. The molecule has 0 radical (unpaired) electrons. The molecule has 2 rings (SSSR count). The lowest BCUT2D eigenvalue weighted by Gasteiger charge is -2.13. The summed E-state index contributed by atoms with van der Waals surface area (Å²) in [6.45, 7) is 1.73. The van der Waals surface area contributed by atoms with E-state index in [4.69, 9.17) is 15.4 Å². The molecule has 1 aromatic carbocycles. The number of oxime groups is 1. The molecule has 1 aromatic heterocycles. The Morgan fingerprint density at radius 1 is 1.42 bits per heavy atom. The summed E-state index contributed by atoms with van der Waals surface area (Å²) in [6.07, 6.45) is 0.395. The zero-order valence-electron chi connectivity index (χ0n) is 10.4. The van der Waals surface area contributed by atoms with E-state index in [1.807, 2.05) is 30.3 Å². The summed E-state index contributed by atoms with van der Waals surface area (Å²) >= 11 is 1.39. The van der Waals surface area contributed by atoms with Gasteiger partial charge in [-0.1, -0.05) is 47.2 Å². The van der Waals surface area contributed by atoms with Crippen LogP contribution in [0.15, 0.2) is 45.1 Å². The number of nitrogens with zero attached hydrogens (tertiary/aromatic N) is 3. The van der Waals surface area contributed by atoms with Gasteiger partial charge in [-0.15, -0.1) is 10.2 Å². The normalized spacial score (nSPS) is 13.4. The number of aryl methyl sites for hydroxylation is 1. The van der Waals surface area contributed by atoms with Crippen molar-refractivity contribution in [3.05, 3.63) is 41.8 Å². The molecule has 19 heavy (non-hydrogen) atoms. The molecule has 3 N–H and O–H groups in total. The quantitative estimate of drug-likeness (QED) is 0.286. The molecule has 0 aliphatic heterocycles. The fourth-order valence-corrected chi connectivity index (χ4v) is 2.62. The third-order valence-electron chi connectivity index (χ3n) is 2.44. The van der Waals surface area contributed by atoms with E-state index in [-0.39, 0.29) is 11.1 Å². The molecule has 0 aliphatic rings. The van der Waals surface area contributed by atoms with Crippen molar-refractivity contribution in [1.82, 2.24) is 10.2 Å². The molecule has 0 saturated heterocycles. The van der Waals surface area contributed by atoms with Crippen LogP contribution in [0.1, 0.15) is 23.1 Å². The van der Waals surface area contributed by atoms with E-state index in [0.717, 1.165) is 5.56 Å². The molecule has 1 atom stereocenters. The van der Waals surface area contributed by atoms with Gasteiger partial charge in [0.1, 0.15) is 5.84 Å². The molecule has 0 amide bonds. The Kier molecular flexibility index (Phi) is 4.40. The third-order valence-corrected chi connectivity index (χ3v) is 3.53. The molecule has 0 bridgehead atoms. The first kappa shape index (κ1) is 13.4. The van der Waals surface area contributed by atoms with E-state index in [0.29, 0.717) is 17.5 Å². The maximum Gasteiger partial charge on any atom is 0.277 e. The number of nitrogens with two attached hydrogens (primary N) is 1. The average molecular weight is 278 g/mol. The minimum atomic E-state index is -0.0445. The number of amidine groups is 1. The summed E-state index contributed by atoms with van der Waals surface area (Å²) in [4.78, 5) is 0. The van der Waals surface area contributed by atoms with Crippen molar-refractivity contribution in [3.63, 3.8) is 0 Å². The maximum absolute atomic E-state index is 8.70. The molecule has 6 nitrogen and oxygen atoms in total. The number of rotatable bonds is 5. The Labute approximate surface area is 114 Å². The van der Waals surface area contributed by atoms with Crippen molar-refractivity contribution in [2.24, 2.45) is 10.9 Å². The summed E-state index contributed by atoms with van der Waals surface area (Å²) < 4.78 is 5.35. The number of hydrogen-bond donors (Lipinski definition) is 2. The van der Waals surface area contributed by atoms with Crippen LogP contribution >= 0.6 is 11.8 Å². The zero-order valence-corrected chi connectivity index (χ0v) is 11.2. The van der Waals surface area contributed by atoms with Crippen LogP contribution in [-0.4, -0.2) is 21.2 Å². The van der Waals surface area contributed by atoms with Gasteiger partial charge in [-0.2, -0.15) is 0 Å². The second-order valence-corrected chi connectivity index (χ2v) is 5.05. The summed E-state index contributed by atoms with van der Waals surface area (Å²) in [7, 11) is 0. The fraction of sp³-hybridized carbons (Fsp3) is 0.250. The standard InChI is InChI=1S/C12H14N4O2S/c1-8-14-15-12(18-8)19-10(7-11(13)16-17)9-5-3-2-4-6-9/h2-6,10,17H,7H2,1H3,(H2,13,16). The van der Waals surface area contributed by atoms with E-state index < -0.39 is 0 Å². The molecule has 100 valence electrons. The van der Waals surface area contributed by atoms with Gasteiger partial charge < -0.3 is 15.4 Å². The first-order chi connectivity index (χ1) is 9.19. The fourth-order valence-electron chi connectivity index (χ4n) is 1.57. The van der Waals surface area contributed by atoms with Gasteiger partial charge in [0, 0.05) is 18.6 Å². The third kappa shape index (κ3) is 3.72. The minimum absolute atomic E-state index is 0.0445. The van der Waals surface area contributed by atoms with Crippen molar-refractivity contribution in [2.75, 3.05) is 0 Å². The van der Waals surface area contributed by atoms with Crippen LogP contribution in [0.3, 0.4) is 0 Å². The van der Waals surface area contributed by atoms with Gasteiger partial charge in [0.2, 0.25) is 5.89 Å². The van der Waals surface area contributed by atoms with Crippen LogP contribution in [-0.2, 0) is 0 Å². The number of hydrogen-bond acceptors (Lipinski definition) is 6. The average Bonchev–Trinajstić information content (AvgIpc) is 2.84. The summed E-state index contributed by atoms with van der Waals surface area (Å²) in [5.41, 5.74) is 6.64. The van der Waals surface area contributed by atoms with E-state index in [1.165, 1.54) is 11.8 Å². The van der Waals surface area contributed by atoms with Gasteiger partial charge in [0.25, 0.3) is 5.22 Å². The smallest absolute Gasteiger partial charge is 0.277 e. The molecule has 1 unspecified atom stereocenters. The van der Waals surface area contributed by atoms with E-state index in [2.05, 4.69) is 15.4 Å². The molecule has 2 aromatic rings. The topological polar surface area (TPSA) is 97.5 Å². The zero-order chi connectivity index (χ0) is 13.7. The lowest BCUT2D eigenvalue weighted by molar-refractivity contribution is 0.317. The lowest BCUT2D eigenvalue weighted by atomic mass is 10.1. The Morgan fingerprint density at radius 3 is 2.74 bits per heavy atom. The molecule has 0 fully saturated rings. The van der Waals surface area contributed by atoms with Gasteiger partial charge in [0.05, 0.1) is 0 Å². The summed E-state index contributed by atoms with van der Waals surface area (Å²) in [5, 5.41) is 19.9. The van der Waals surface area contributed by atoms with Crippen molar-refractivity contribution in [1.29, 1.82) is 0 Å². The molecule has 0 saturated carbocycles. The predicted molar refractivity (Wildman–Crippen MR) is 72.1 cm³/mol. The predicted octanol–water partition coefficient (Wildman–Crippen LogP) is 2.35. The van der Waals surface area contributed by atoms with Crippen molar-refractivity contribution in [3.8, 4) is 0 Å². The van der Waals surface area contributed by atoms with Gasteiger partial charge in [-0.25, -0.2) is 0 Å². The van der Waals surface area contributed by atoms with Gasteiger partial charge in [-0.3, -0.25) is 0 Å². The first-order valence-electron chi connectivity index (χ1n) is 5.67. The molecule has 0 aliphatic carbocycles. The molecular formula is C12H14N4O2S. The van der Waals surface area contributed by atoms with E-state index in [1.54, 1.807) is 6.92 Å². The lowest BCUT2D eigenvalue weighted by Crippen LogP contribution is -2.14. The van der Waals surface area contributed by atoms with Crippen LogP contribution in [0.5, 0.6) is 0 Å².